The maximum atomic E-state index is 6.13. The zero-order valence-electron chi connectivity index (χ0n) is 18.2. The highest BCUT2D eigenvalue weighted by atomic mass is 32.2. The third-order valence-corrected chi connectivity index (χ3v) is 7.11. The molecule has 30 heavy (non-hydrogen) atoms. The Bertz CT molecular complexity index is 790. The molecule has 2 aromatic rings. The molecule has 0 radical (unpaired) electrons. The van der Waals surface area contributed by atoms with E-state index in [1.807, 2.05) is 12.1 Å². The van der Waals surface area contributed by atoms with Crippen molar-refractivity contribution in [1.82, 2.24) is 9.62 Å². The molecule has 3 rings (SSSR count). The smallest absolute Gasteiger partial charge is 0.123 e. The molecule has 1 fully saturated rings. The summed E-state index contributed by atoms with van der Waals surface area (Å²) in [6, 6.07) is 12.6. The molecule has 0 bridgehead atoms. The number of rotatable bonds is 10. The Morgan fingerprint density at radius 3 is 2.87 bits per heavy atom. The molecule has 164 valence electrons. The minimum atomic E-state index is 0.649. The number of nitrogen functional groups attached to an aromatic ring is 1. The molecule has 1 atom stereocenters. The third kappa shape index (κ3) is 6.33. The maximum absolute atomic E-state index is 6.13. The van der Waals surface area contributed by atoms with Crippen LogP contribution >= 0.6 is 24.6 Å². The van der Waals surface area contributed by atoms with Crippen molar-refractivity contribution in [3.8, 4) is 5.75 Å². The number of nitrogens with zero attached hydrogens (tertiary/aromatic N) is 1. The summed E-state index contributed by atoms with van der Waals surface area (Å²) < 4.78 is 8.19. The van der Waals surface area contributed by atoms with E-state index in [9.17, 15) is 0 Å². The highest BCUT2D eigenvalue weighted by Gasteiger charge is 2.21. The Labute approximate surface area is 191 Å². The van der Waals surface area contributed by atoms with Gasteiger partial charge in [-0.05, 0) is 85.2 Å². The third-order valence-electron chi connectivity index (χ3n) is 5.73. The normalized spacial score (nSPS) is 17.2. The van der Waals surface area contributed by atoms with Crippen LogP contribution in [0.15, 0.2) is 41.3 Å². The van der Waals surface area contributed by atoms with Gasteiger partial charge in [0.15, 0.2) is 0 Å². The summed E-state index contributed by atoms with van der Waals surface area (Å²) >= 11 is 6.18. The summed E-state index contributed by atoms with van der Waals surface area (Å²) in [6.07, 6.45) is 4.49. The van der Waals surface area contributed by atoms with E-state index in [4.69, 9.17) is 10.5 Å². The zero-order chi connectivity index (χ0) is 21.3. The maximum Gasteiger partial charge on any atom is 0.123 e. The van der Waals surface area contributed by atoms with Crippen LogP contribution in [0.5, 0.6) is 5.75 Å². The molecule has 4 nitrogen and oxygen atoms in total. The van der Waals surface area contributed by atoms with Gasteiger partial charge in [0, 0.05) is 35.8 Å². The Morgan fingerprint density at radius 1 is 1.30 bits per heavy atom. The molecule has 0 saturated carbocycles. The van der Waals surface area contributed by atoms with Crippen LogP contribution in [0.2, 0.25) is 0 Å². The Hall–Kier alpha value is -1.34. The lowest BCUT2D eigenvalue weighted by atomic mass is 9.97. The molecule has 1 aliphatic rings. The van der Waals surface area contributed by atoms with Crippen LogP contribution < -0.4 is 15.8 Å². The van der Waals surface area contributed by atoms with Crippen LogP contribution in [-0.2, 0) is 19.4 Å². The van der Waals surface area contributed by atoms with Gasteiger partial charge in [0.05, 0.1) is 7.11 Å². The molecule has 0 spiro atoms. The number of nitrogens with two attached hydrogens (primary N) is 1. The molecule has 1 aliphatic heterocycles. The predicted molar refractivity (Wildman–Crippen MR) is 133 cm³/mol. The van der Waals surface area contributed by atoms with Gasteiger partial charge >= 0.3 is 0 Å². The lowest BCUT2D eigenvalue weighted by molar-refractivity contribution is 0.276. The second-order valence-electron chi connectivity index (χ2n) is 7.92. The fraction of sp³-hybridized carbons (Fsp3) is 0.500. The molecule has 6 heteroatoms. The van der Waals surface area contributed by atoms with Crippen molar-refractivity contribution in [1.29, 1.82) is 0 Å². The number of aryl methyl sites for hydroxylation is 2. The quantitative estimate of drug-likeness (QED) is 0.278. The molecule has 1 unspecified atom stereocenters. The minimum Gasteiger partial charge on any atom is -0.496 e. The van der Waals surface area contributed by atoms with E-state index in [0.717, 1.165) is 61.1 Å². The first kappa shape index (κ1) is 23.3. The number of piperidine rings is 1. The highest BCUT2D eigenvalue weighted by Crippen LogP contribution is 2.32. The van der Waals surface area contributed by atoms with Crippen LogP contribution in [0.4, 0.5) is 5.69 Å². The summed E-state index contributed by atoms with van der Waals surface area (Å²) in [6.45, 7) is 6.30. The monoisotopic (exact) mass is 445 g/mol. The number of thiol groups is 1. The lowest BCUT2D eigenvalue weighted by Gasteiger charge is -2.32. The molecular weight excluding hydrogens is 410 g/mol. The fourth-order valence-corrected chi connectivity index (χ4v) is 5.47. The number of benzene rings is 2. The summed E-state index contributed by atoms with van der Waals surface area (Å²) in [5.74, 6) is 2.50. The van der Waals surface area contributed by atoms with E-state index < -0.39 is 0 Å². The van der Waals surface area contributed by atoms with Crippen LogP contribution in [0.25, 0.3) is 0 Å². The predicted octanol–water partition coefficient (Wildman–Crippen LogP) is 4.82. The van der Waals surface area contributed by atoms with Crippen molar-refractivity contribution in [3.63, 3.8) is 0 Å². The van der Waals surface area contributed by atoms with Crippen LogP contribution in [0.3, 0.4) is 0 Å². The number of hydrogen-bond donors (Lipinski definition) is 3. The van der Waals surface area contributed by atoms with Crippen LogP contribution in [0.1, 0.15) is 36.5 Å². The van der Waals surface area contributed by atoms with Crippen molar-refractivity contribution in [2.45, 2.75) is 44.0 Å². The van der Waals surface area contributed by atoms with Gasteiger partial charge in [-0.15, -0.1) is 0 Å². The largest absolute Gasteiger partial charge is 0.496 e. The second-order valence-corrected chi connectivity index (χ2v) is 9.51. The first-order valence-electron chi connectivity index (χ1n) is 10.9. The van der Waals surface area contributed by atoms with Crippen molar-refractivity contribution >= 4 is 30.3 Å². The number of hydrogen-bond acceptors (Lipinski definition) is 6. The Kier molecular flexibility index (Phi) is 9.25. The van der Waals surface area contributed by atoms with Gasteiger partial charge in [-0.1, -0.05) is 25.1 Å². The number of para-hydroxylation sites is 1. The topological polar surface area (TPSA) is 50.5 Å². The molecule has 0 aliphatic carbocycles. The van der Waals surface area contributed by atoms with E-state index in [2.05, 4.69) is 53.4 Å². The first-order valence-corrected chi connectivity index (χ1v) is 12.3. The average Bonchev–Trinajstić information content (AvgIpc) is 2.76. The molecule has 1 saturated heterocycles. The summed E-state index contributed by atoms with van der Waals surface area (Å²) in [5, 5.41) is 3.71. The molecule has 1 heterocycles. The lowest BCUT2D eigenvalue weighted by Crippen LogP contribution is -2.36. The highest BCUT2D eigenvalue weighted by molar-refractivity contribution is 7.97. The SMILES string of the molecule is CCc1cc(CCS)cc(OC)c1CNCC1CCCN(Sc2ccccc2N)C1. The fourth-order valence-electron chi connectivity index (χ4n) is 4.12. The van der Waals surface area contributed by atoms with Gasteiger partial charge in [-0.3, -0.25) is 0 Å². The summed E-state index contributed by atoms with van der Waals surface area (Å²) in [4.78, 5) is 1.16. The number of ether oxygens (including phenoxy) is 1. The number of anilines is 1. The van der Waals surface area contributed by atoms with Gasteiger partial charge in [0.1, 0.15) is 5.75 Å². The zero-order valence-corrected chi connectivity index (χ0v) is 19.9. The Balaban J connectivity index is 1.56. The molecule has 0 amide bonds. The van der Waals surface area contributed by atoms with E-state index >= 15 is 0 Å². The van der Waals surface area contributed by atoms with Gasteiger partial charge in [0.25, 0.3) is 0 Å². The van der Waals surface area contributed by atoms with E-state index in [-0.39, 0.29) is 0 Å². The van der Waals surface area contributed by atoms with Crippen LogP contribution in [0, 0.1) is 5.92 Å². The summed E-state index contributed by atoms with van der Waals surface area (Å²) in [7, 11) is 1.77. The average molecular weight is 446 g/mol. The number of methoxy groups -OCH3 is 1. The van der Waals surface area contributed by atoms with Gasteiger partial charge < -0.3 is 15.8 Å². The molecule has 2 aromatic carbocycles. The van der Waals surface area contributed by atoms with Gasteiger partial charge in [0.2, 0.25) is 0 Å². The van der Waals surface area contributed by atoms with Crippen LogP contribution in [-0.4, -0.2) is 36.8 Å². The van der Waals surface area contributed by atoms with Gasteiger partial charge in [-0.2, -0.15) is 12.6 Å². The van der Waals surface area contributed by atoms with Gasteiger partial charge in [-0.25, -0.2) is 4.31 Å². The Morgan fingerprint density at radius 2 is 2.13 bits per heavy atom. The standard InChI is InChI=1S/C24H35N3OS2/c1-3-20-13-18(10-12-29)14-23(28-2)21(20)16-26-15-19-7-6-11-27(17-19)30-24-9-5-4-8-22(24)25/h4-5,8-9,13-14,19,26,29H,3,6-7,10-12,15-17,25H2,1-2H3. The van der Waals surface area contributed by atoms with Crippen molar-refractivity contribution in [2.24, 2.45) is 5.92 Å². The van der Waals surface area contributed by atoms with Crippen molar-refractivity contribution in [3.05, 3.63) is 53.1 Å². The molecule has 3 N–H and O–H groups in total. The van der Waals surface area contributed by atoms with E-state index in [1.54, 1.807) is 19.1 Å². The molecular formula is C24H35N3OS2. The van der Waals surface area contributed by atoms with Crippen molar-refractivity contribution < 1.29 is 4.74 Å². The first-order chi connectivity index (χ1) is 14.6. The van der Waals surface area contributed by atoms with E-state index in [1.165, 1.54) is 29.5 Å². The minimum absolute atomic E-state index is 0.649. The molecule has 0 aromatic heterocycles. The number of nitrogens with one attached hydrogen (secondary N) is 1. The van der Waals surface area contributed by atoms with E-state index in [0.29, 0.717) is 5.92 Å². The summed E-state index contributed by atoms with van der Waals surface area (Å²) in [5.41, 5.74) is 11.0. The van der Waals surface area contributed by atoms with Crippen molar-refractivity contribution in [2.75, 3.05) is 38.2 Å². The second kappa shape index (κ2) is 11.9.